The number of rotatable bonds is 4. The molecule has 2 rings (SSSR count). The molecule has 1 N–H and O–H groups in total. The Bertz CT molecular complexity index is 561. The molecule has 1 aromatic rings. The molecule has 0 bridgehead atoms. The minimum Gasteiger partial charge on any atom is -0.349 e. The van der Waals surface area contributed by atoms with Crippen LogP contribution in [-0.4, -0.2) is 26.6 Å². The molecule has 0 radical (unpaired) electrons. The van der Waals surface area contributed by atoms with Crippen molar-refractivity contribution < 1.29 is 13.2 Å². The standard InChI is InChI=1S/C13H17NO3S/c1-9(10-7-8-10)14-13(15)11-5-3-4-6-12(11)18(2,16)17/h3-6,9-10H,7-8H2,1-2H3,(H,14,15)/t9-/m0/s1. The van der Waals surface area contributed by atoms with Crippen LogP contribution in [0.2, 0.25) is 0 Å². The molecule has 1 amide bonds. The number of carbonyl (C=O) groups excluding carboxylic acids is 1. The maximum atomic E-state index is 12.1. The number of benzene rings is 1. The Morgan fingerprint density at radius 3 is 2.50 bits per heavy atom. The highest BCUT2D eigenvalue weighted by molar-refractivity contribution is 7.90. The monoisotopic (exact) mass is 267 g/mol. The Hall–Kier alpha value is -1.36. The lowest BCUT2D eigenvalue weighted by molar-refractivity contribution is 0.0932. The quantitative estimate of drug-likeness (QED) is 0.901. The van der Waals surface area contributed by atoms with Crippen molar-refractivity contribution in [3.63, 3.8) is 0 Å². The van der Waals surface area contributed by atoms with E-state index in [0.29, 0.717) is 5.92 Å². The summed E-state index contributed by atoms with van der Waals surface area (Å²) in [5.41, 5.74) is 0.229. The predicted octanol–water partition coefficient (Wildman–Crippen LogP) is 1.62. The molecule has 1 fully saturated rings. The van der Waals surface area contributed by atoms with Gasteiger partial charge in [-0.3, -0.25) is 4.79 Å². The highest BCUT2D eigenvalue weighted by Gasteiger charge is 2.29. The first-order chi connectivity index (χ1) is 8.39. The van der Waals surface area contributed by atoms with E-state index in [1.807, 2.05) is 6.92 Å². The molecule has 0 saturated heterocycles. The number of hydrogen-bond donors (Lipinski definition) is 1. The van der Waals surface area contributed by atoms with E-state index in [1.165, 1.54) is 6.07 Å². The molecule has 4 nitrogen and oxygen atoms in total. The minimum atomic E-state index is -3.38. The SMILES string of the molecule is C[C@H](NC(=O)c1ccccc1S(C)(=O)=O)C1CC1. The van der Waals surface area contributed by atoms with Crippen LogP contribution < -0.4 is 5.32 Å². The van der Waals surface area contributed by atoms with Gasteiger partial charge in [-0.2, -0.15) is 0 Å². The summed E-state index contributed by atoms with van der Waals surface area (Å²) in [5, 5.41) is 2.87. The maximum absolute atomic E-state index is 12.1. The fraction of sp³-hybridized carbons (Fsp3) is 0.462. The Morgan fingerprint density at radius 1 is 1.33 bits per heavy atom. The Morgan fingerprint density at radius 2 is 1.94 bits per heavy atom. The van der Waals surface area contributed by atoms with Crippen molar-refractivity contribution in [3.8, 4) is 0 Å². The van der Waals surface area contributed by atoms with E-state index in [-0.39, 0.29) is 22.4 Å². The van der Waals surface area contributed by atoms with E-state index in [1.54, 1.807) is 18.2 Å². The van der Waals surface area contributed by atoms with Gasteiger partial charge in [-0.15, -0.1) is 0 Å². The number of nitrogens with one attached hydrogen (secondary N) is 1. The molecule has 0 spiro atoms. The summed E-state index contributed by atoms with van der Waals surface area (Å²) < 4.78 is 23.2. The van der Waals surface area contributed by atoms with Crippen LogP contribution in [0.1, 0.15) is 30.1 Å². The van der Waals surface area contributed by atoms with E-state index in [9.17, 15) is 13.2 Å². The van der Waals surface area contributed by atoms with Crippen LogP contribution in [0, 0.1) is 5.92 Å². The second-order valence-corrected chi connectivity index (χ2v) is 6.85. The number of amides is 1. The average Bonchev–Trinajstić information content (AvgIpc) is 3.11. The smallest absolute Gasteiger partial charge is 0.252 e. The Kier molecular flexibility index (Phi) is 3.43. The van der Waals surface area contributed by atoms with Crippen LogP contribution in [0.5, 0.6) is 0 Å². The first-order valence-corrected chi connectivity index (χ1v) is 7.88. The van der Waals surface area contributed by atoms with Gasteiger partial charge < -0.3 is 5.32 Å². The first kappa shape index (κ1) is 13.1. The second kappa shape index (κ2) is 4.72. The molecule has 1 aliphatic rings. The third kappa shape index (κ3) is 2.90. The number of hydrogen-bond acceptors (Lipinski definition) is 3. The lowest BCUT2D eigenvalue weighted by Crippen LogP contribution is -2.34. The highest BCUT2D eigenvalue weighted by atomic mass is 32.2. The largest absolute Gasteiger partial charge is 0.349 e. The van der Waals surface area contributed by atoms with Crippen molar-refractivity contribution in [3.05, 3.63) is 29.8 Å². The van der Waals surface area contributed by atoms with Crippen molar-refractivity contribution in [1.82, 2.24) is 5.32 Å². The van der Waals surface area contributed by atoms with Crippen LogP contribution in [0.4, 0.5) is 0 Å². The molecule has 1 atom stereocenters. The molecule has 18 heavy (non-hydrogen) atoms. The molecule has 0 heterocycles. The summed E-state index contributed by atoms with van der Waals surface area (Å²) in [6.07, 6.45) is 3.38. The van der Waals surface area contributed by atoms with Crippen molar-refractivity contribution in [2.75, 3.05) is 6.26 Å². The van der Waals surface area contributed by atoms with Gasteiger partial charge in [0.1, 0.15) is 0 Å². The molecule has 0 aliphatic heterocycles. The molecule has 98 valence electrons. The second-order valence-electron chi connectivity index (χ2n) is 4.87. The molecule has 1 saturated carbocycles. The van der Waals surface area contributed by atoms with Crippen molar-refractivity contribution in [2.45, 2.75) is 30.7 Å². The summed E-state index contributed by atoms with van der Waals surface area (Å²) in [5.74, 6) is 0.231. The maximum Gasteiger partial charge on any atom is 0.252 e. The number of carbonyl (C=O) groups is 1. The van der Waals surface area contributed by atoms with Gasteiger partial charge in [0.05, 0.1) is 10.5 Å². The van der Waals surface area contributed by atoms with Crippen LogP contribution >= 0.6 is 0 Å². The van der Waals surface area contributed by atoms with Crippen molar-refractivity contribution in [2.24, 2.45) is 5.92 Å². The van der Waals surface area contributed by atoms with Gasteiger partial charge in [-0.05, 0) is 37.8 Å². The summed E-state index contributed by atoms with van der Waals surface area (Å²) in [6.45, 7) is 1.96. The highest BCUT2D eigenvalue weighted by Crippen LogP contribution is 2.32. The molecule has 1 aliphatic carbocycles. The van der Waals surface area contributed by atoms with Gasteiger partial charge in [-0.25, -0.2) is 8.42 Å². The van der Waals surface area contributed by atoms with Gasteiger partial charge in [0, 0.05) is 12.3 Å². The summed E-state index contributed by atoms with van der Waals surface area (Å²) >= 11 is 0. The van der Waals surface area contributed by atoms with Crippen molar-refractivity contribution in [1.29, 1.82) is 0 Å². The van der Waals surface area contributed by atoms with Crippen LogP contribution in [0.15, 0.2) is 29.2 Å². The van der Waals surface area contributed by atoms with E-state index in [0.717, 1.165) is 19.1 Å². The zero-order valence-corrected chi connectivity index (χ0v) is 11.3. The fourth-order valence-corrected chi connectivity index (χ4v) is 2.86. The molecule has 5 heteroatoms. The van der Waals surface area contributed by atoms with Gasteiger partial charge >= 0.3 is 0 Å². The first-order valence-electron chi connectivity index (χ1n) is 5.99. The third-order valence-corrected chi connectivity index (χ3v) is 4.37. The molecule has 1 aromatic carbocycles. The Labute approximate surface area is 107 Å². The van der Waals surface area contributed by atoms with Crippen LogP contribution in [-0.2, 0) is 9.84 Å². The van der Waals surface area contributed by atoms with Crippen molar-refractivity contribution >= 4 is 15.7 Å². The zero-order valence-electron chi connectivity index (χ0n) is 10.5. The lowest BCUT2D eigenvalue weighted by atomic mass is 10.1. The minimum absolute atomic E-state index is 0.0884. The normalized spacial score (nSPS) is 17.2. The van der Waals surface area contributed by atoms with E-state index >= 15 is 0 Å². The average molecular weight is 267 g/mol. The summed E-state index contributed by atoms with van der Waals surface area (Å²) in [7, 11) is -3.38. The van der Waals surface area contributed by atoms with Gasteiger partial charge in [0.15, 0.2) is 9.84 Å². The topological polar surface area (TPSA) is 63.2 Å². The van der Waals surface area contributed by atoms with Gasteiger partial charge in [-0.1, -0.05) is 12.1 Å². The molecule has 0 unspecified atom stereocenters. The van der Waals surface area contributed by atoms with E-state index in [4.69, 9.17) is 0 Å². The van der Waals surface area contributed by atoms with E-state index < -0.39 is 9.84 Å². The molecular weight excluding hydrogens is 250 g/mol. The summed E-state index contributed by atoms with van der Waals surface area (Å²) in [4.78, 5) is 12.2. The molecular formula is C13H17NO3S. The fourth-order valence-electron chi connectivity index (χ4n) is 1.98. The van der Waals surface area contributed by atoms with Crippen LogP contribution in [0.25, 0.3) is 0 Å². The van der Waals surface area contributed by atoms with Gasteiger partial charge in [0.25, 0.3) is 5.91 Å². The molecule has 0 aromatic heterocycles. The summed E-state index contributed by atoms with van der Waals surface area (Å²) in [6, 6.07) is 6.41. The van der Waals surface area contributed by atoms with E-state index in [2.05, 4.69) is 5.32 Å². The predicted molar refractivity (Wildman–Crippen MR) is 69.2 cm³/mol. The zero-order chi connectivity index (χ0) is 13.3. The van der Waals surface area contributed by atoms with Crippen LogP contribution in [0.3, 0.4) is 0 Å². The third-order valence-electron chi connectivity index (χ3n) is 3.22. The lowest BCUT2D eigenvalue weighted by Gasteiger charge is -2.14. The Balaban J connectivity index is 2.24. The number of sulfone groups is 1. The van der Waals surface area contributed by atoms with Gasteiger partial charge in [0.2, 0.25) is 0 Å².